The summed E-state index contributed by atoms with van der Waals surface area (Å²) in [5.41, 5.74) is 0.744. The quantitative estimate of drug-likeness (QED) is 0.254. The molecule has 3 fully saturated rings. The lowest BCUT2D eigenvalue weighted by atomic mass is 9.50. The topological polar surface area (TPSA) is 95.7 Å². The number of nitrogens with zero attached hydrogens (tertiary/aromatic N) is 1. The van der Waals surface area contributed by atoms with E-state index in [4.69, 9.17) is 9.47 Å². The Labute approximate surface area is 203 Å². The van der Waals surface area contributed by atoms with Crippen molar-refractivity contribution in [3.05, 3.63) is 46.0 Å². The van der Waals surface area contributed by atoms with Gasteiger partial charge in [0.1, 0.15) is 5.92 Å². The summed E-state index contributed by atoms with van der Waals surface area (Å²) in [5, 5.41) is 12.0. The van der Waals surface area contributed by atoms with Gasteiger partial charge in [0.2, 0.25) is 6.17 Å². The molecule has 4 rings (SSSR count). The molecule has 0 spiro atoms. The molecule has 0 bridgehead atoms. The third kappa shape index (κ3) is 4.47. The zero-order chi connectivity index (χ0) is 25.3. The van der Waals surface area contributed by atoms with Gasteiger partial charge in [0, 0.05) is 18.0 Å². The Morgan fingerprint density at radius 1 is 1.06 bits per heavy atom. The maximum Gasteiger partial charge on any atom is 0.316 e. The number of esters is 1. The second kappa shape index (κ2) is 10.7. The van der Waals surface area contributed by atoms with Gasteiger partial charge in [-0.1, -0.05) is 62.4 Å². The molecule has 3 aliphatic carbocycles. The number of rotatable bonds is 6. The summed E-state index contributed by atoms with van der Waals surface area (Å²) in [6.45, 7) is 1.67. The Morgan fingerprint density at radius 2 is 1.71 bits per heavy atom. The molecule has 0 aromatic heterocycles. The van der Waals surface area contributed by atoms with Gasteiger partial charge in [-0.3, -0.25) is 19.7 Å². The summed E-state index contributed by atoms with van der Waals surface area (Å²) >= 11 is 0. The number of ether oxygens (including phenoxy) is 2. The molecule has 0 N–H and O–H groups in total. The number of benzene rings is 1. The van der Waals surface area contributed by atoms with Crippen molar-refractivity contribution in [1.29, 1.82) is 0 Å². The molecule has 1 aromatic carbocycles. The second-order valence-corrected chi connectivity index (χ2v) is 10.0. The molecule has 0 heterocycles. The first-order chi connectivity index (χ1) is 16.8. The molecule has 0 amide bonds. The lowest BCUT2D eigenvalue weighted by Crippen LogP contribution is -2.67. The first kappa shape index (κ1) is 25.7. The van der Waals surface area contributed by atoms with Gasteiger partial charge in [-0.2, -0.15) is 0 Å². The number of ketones is 1. The highest BCUT2D eigenvalue weighted by Gasteiger charge is 2.68. The first-order valence-electron chi connectivity index (χ1n) is 12.5. The molecular formula is C26H33F2NO6. The van der Waals surface area contributed by atoms with E-state index in [1.165, 1.54) is 7.11 Å². The van der Waals surface area contributed by atoms with Gasteiger partial charge in [-0.05, 0) is 30.2 Å². The van der Waals surface area contributed by atoms with Gasteiger partial charge >= 0.3 is 5.97 Å². The highest BCUT2D eigenvalue weighted by molar-refractivity contribution is 6.02. The number of nitro groups is 1. The normalized spacial score (nSPS) is 37.9. The minimum Gasteiger partial charge on any atom is -0.465 e. The summed E-state index contributed by atoms with van der Waals surface area (Å²) in [5.74, 6) is -6.38. The van der Waals surface area contributed by atoms with E-state index in [1.54, 1.807) is 19.1 Å². The minimum atomic E-state index is -2.52. The van der Waals surface area contributed by atoms with Crippen LogP contribution in [0.3, 0.4) is 0 Å². The smallest absolute Gasteiger partial charge is 0.316 e. The fraction of sp³-hybridized carbons (Fsp3) is 0.692. The molecule has 3 saturated carbocycles. The van der Waals surface area contributed by atoms with E-state index in [0.717, 1.165) is 37.7 Å². The molecule has 3 aliphatic rings. The van der Waals surface area contributed by atoms with Crippen LogP contribution >= 0.6 is 0 Å². The second-order valence-electron chi connectivity index (χ2n) is 10.0. The van der Waals surface area contributed by atoms with Crippen LogP contribution in [0, 0.1) is 39.7 Å². The standard InChI is InChI=1S/C26H33F2NO6/c1-3-35-26(31)20-17(15-12-8-5-9-13-15)16(14-10-6-4-7-11-14)18-19(24(20)30)23(29(32)33)21(27)22(28)25(18)34-2/h4,6-7,10-11,15-23,25H,3,5,8-9,12-13H2,1-2H3. The van der Waals surface area contributed by atoms with Crippen LogP contribution in [0.25, 0.3) is 0 Å². The van der Waals surface area contributed by atoms with Crippen molar-refractivity contribution in [1.82, 2.24) is 0 Å². The van der Waals surface area contributed by atoms with Gasteiger partial charge in [0.05, 0.1) is 18.6 Å². The number of carbonyl (C=O) groups is 2. The first-order valence-corrected chi connectivity index (χ1v) is 12.5. The van der Waals surface area contributed by atoms with E-state index in [9.17, 15) is 19.7 Å². The van der Waals surface area contributed by atoms with E-state index in [2.05, 4.69) is 0 Å². The summed E-state index contributed by atoms with van der Waals surface area (Å²) in [7, 11) is 1.24. The fourth-order valence-electron chi connectivity index (χ4n) is 7.10. The van der Waals surface area contributed by atoms with Gasteiger partial charge in [0.25, 0.3) is 6.04 Å². The largest absolute Gasteiger partial charge is 0.465 e. The SMILES string of the molecule is CCOC(=O)C1C(=O)C2C(C(OC)C(F)C(F)C2[N+](=O)[O-])C(c2ccccc2)C1C1CCCCC1. The predicted octanol–water partition coefficient (Wildman–Crippen LogP) is 4.31. The molecule has 9 heteroatoms. The zero-order valence-electron chi connectivity index (χ0n) is 20.1. The Bertz CT molecular complexity index is 924. The van der Waals surface area contributed by atoms with Crippen LogP contribution in [-0.2, 0) is 19.1 Å². The molecule has 7 nitrogen and oxygen atoms in total. The van der Waals surface area contributed by atoms with Crippen LogP contribution in [-0.4, -0.2) is 54.9 Å². The van der Waals surface area contributed by atoms with Gasteiger partial charge in [-0.15, -0.1) is 0 Å². The third-order valence-corrected chi connectivity index (χ3v) is 8.39. The van der Waals surface area contributed by atoms with Crippen molar-refractivity contribution in [3.63, 3.8) is 0 Å². The average Bonchev–Trinajstić information content (AvgIpc) is 2.86. The highest BCUT2D eigenvalue weighted by atomic mass is 19.2. The Kier molecular flexibility index (Phi) is 7.83. The maximum absolute atomic E-state index is 15.4. The number of methoxy groups -OCH3 is 1. The molecule has 192 valence electrons. The molecule has 1 aromatic rings. The van der Waals surface area contributed by atoms with E-state index in [-0.39, 0.29) is 12.5 Å². The Balaban J connectivity index is 1.95. The number of halogens is 2. The van der Waals surface area contributed by atoms with E-state index in [0.29, 0.717) is 0 Å². The highest BCUT2D eigenvalue weighted by Crippen LogP contribution is 2.57. The summed E-state index contributed by atoms with van der Waals surface area (Å²) in [6, 6.07) is 7.00. The molecule has 0 saturated heterocycles. The average molecular weight is 494 g/mol. The number of carbonyl (C=O) groups excluding carboxylic acids is 2. The number of fused-ring (bicyclic) bond motifs is 1. The summed E-state index contributed by atoms with van der Waals surface area (Å²) in [6.07, 6.45) is -1.65. The van der Waals surface area contributed by atoms with Crippen molar-refractivity contribution >= 4 is 11.8 Å². The van der Waals surface area contributed by atoms with E-state index < -0.39 is 70.8 Å². The van der Waals surface area contributed by atoms with E-state index in [1.807, 2.05) is 18.2 Å². The van der Waals surface area contributed by atoms with Gasteiger partial charge in [-0.25, -0.2) is 8.78 Å². The monoisotopic (exact) mass is 493 g/mol. The van der Waals surface area contributed by atoms with Crippen molar-refractivity contribution < 1.29 is 32.8 Å². The van der Waals surface area contributed by atoms with Crippen molar-refractivity contribution in [2.45, 2.75) is 69.4 Å². The van der Waals surface area contributed by atoms with Crippen molar-refractivity contribution in [3.8, 4) is 0 Å². The lowest BCUT2D eigenvalue weighted by Gasteiger charge is -2.54. The van der Waals surface area contributed by atoms with Gasteiger partial charge < -0.3 is 9.47 Å². The minimum absolute atomic E-state index is 0.0269. The van der Waals surface area contributed by atoms with Crippen molar-refractivity contribution in [2.24, 2.45) is 29.6 Å². The molecule has 9 atom stereocenters. The fourth-order valence-corrected chi connectivity index (χ4v) is 7.10. The van der Waals surface area contributed by atoms with Crippen molar-refractivity contribution in [2.75, 3.05) is 13.7 Å². The maximum atomic E-state index is 15.4. The number of alkyl halides is 2. The molecule has 0 radical (unpaired) electrons. The number of hydrogen-bond donors (Lipinski definition) is 0. The molecular weight excluding hydrogens is 460 g/mol. The van der Waals surface area contributed by atoms with Crippen LogP contribution < -0.4 is 0 Å². The summed E-state index contributed by atoms with van der Waals surface area (Å²) in [4.78, 5) is 38.4. The number of hydrogen-bond acceptors (Lipinski definition) is 6. The van der Waals surface area contributed by atoms with Crippen LogP contribution in [0.2, 0.25) is 0 Å². The zero-order valence-corrected chi connectivity index (χ0v) is 20.1. The van der Waals surface area contributed by atoms with E-state index >= 15 is 8.78 Å². The van der Waals surface area contributed by atoms with Crippen LogP contribution in [0.1, 0.15) is 50.5 Å². The number of Topliss-reactive ketones (excluding diaryl/α,β-unsaturated/α-hetero) is 1. The Hall–Kier alpha value is -2.42. The molecule has 35 heavy (non-hydrogen) atoms. The van der Waals surface area contributed by atoms with Gasteiger partial charge in [0.15, 0.2) is 12.0 Å². The lowest BCUT2D eigenvalue weighted by molar-refractivity contribution is -0.548. The Morgan fingerprint density at radius 3 is 2.29 bits per heavy atom. The summed E-state index contributed by atoms with van der Waals surface area (Å²) < 4.78 is 41.3. The molecule has 0 aliphatic heterocycles. The van der Waals surface area contributed by atoms with Crippen LogP contribution in [0.4, 0.5) is 8.78 Å². The van der Waals surface area contributed by atoms with Crippen LogP contribution in [0.15, 0.2) is 30.3 Å². The molecule has 9 unspecified atom stereocenters. The van der Waals surface area contributed by atoms with Crippen LogP contribution in [0.5, 0.6) is 0 Å². The predicted molar refractivity (Wildman–Crippen MR) is 123 cm³/mol. The third-order valence-electron chi connectivity index (χ3n) is 8.39.